The summed E-state index contributed by atoms with van der Waals surface area (Å²) >= 11 is 5.68. The van der Waals surface area contributed by atoms with Crippen molar-refractivity contribution >= 4 is 28.4 Å². The van der Waals surface area contributed by atoms with Crippen LogP contribution in [0.3, 0.4) is 0 Å². The molecular formula is C23H16ClF2N3O2. The van der Waals surface area contributed by atoms with E-state index in [0.717, 1.165) is 0 Å². The molecule has 8 heteroatoms. The summed E-state index contributed by atoms with van der Waals surface area (Å²) in [5.41, 5.74) is 1.67. The lowest BCUT2D eigenvalue weighted by Crippen LogP contribution is -2.24. The number of halogens is 3. The van der Waals surface area contributed by atoms with Crippen molar-refractivity contribution in [3.8, 4) is 11.5 Å². The zero-order valence-electron chi connectivity index (χ0n) is 16.3. The Morgan fingerprint density at radius 3 is 2.71 bits per heavy atom. The van der Waals surface area contributed by atoms with E-state index in [1.165, 1.54) is 30.6 Å². The number of nitrogens with one attached hydrogen (secondary N) is 1. The molecule has 4 rings (SSSR count). The van der Waals surface area contributed by atoms with Crippen molar-refractivity contribution in [2.75, 3.05) is 0 Å². The second-order valence-corrected chi connectivity index (χ2v) is 7.12. The van der Waals surface area contributed by atoms with E-state index in [2.05, 4.69) is 15.3 Å². The summed E-state index contributed by atoms with van der Waals surface area (Å²) in [6.45, 7) is 1.70. The number of benzene rings is 2. The molecule has 0 radical (unpaired) electrons. The summed E-state index contributed by atoms with van der Waals surface area (Å²) in [7, 11) is 0. The van der Waals surface area contributed by atoms with Gasteiger partial charge >= 0.3 is 0 Å². The number of carbonyl (C=O) groups is 1. The highest BCUT2D eigenvalue weighted by molar-refractivity contribution is 6.29. The van der Waals surface area contributed by atoms with Crippen molar-refractivity contribution < 1.29 is 18.3 Å². The van der Waals surface area contributed by atoms with Gasteiger partial charge in [0.1, 0.15) is 17.3 Å². The molecule has 0 saturated heterocycles. The topological polar surface area (TPSA) is 64.1 Å². The minimum Gasteiger partial charge on any atom is -0.456 e. The number of pyridine rings is 2. The van der Waals surface area contributed by atoms with Crippen molar-refractivity contribution in [1.29, 1.82) is 0 Å². The van der Waals surface area contributed by atoms with E-state index in [9.17, 15) is 13.6 Å². The zero-order chi connectivity index (χ0) is 22.0. The van der Waals surface area contributed by atoms with Crippen LogP contribution in [-0.4, -0.2) is 15.9 Å². The van der Waals surface area contributed by atoms with Crippen LogP contribution in [0.5, 0.6) is 11.5 Å². The van der Waals surface area contributed by atoms with Gasteiger partial charge in [-0.15, -0.1) is 0 Å². The number of hydrogen-bond acceptors (Lipinski definition) is 4. The van der Waals surface area contributed by atoms with Gasteiger partial charge in [-0.2, -0.15) is 0 Å². The van der Waals surface area contributed by atoms with E-state index in [1.807, 2.05) is 0 Å². The Balaban J connectivity index is 1.57. The van der Waals surface area contributed by atoms with Crippen LogP contribution in [0.25, 0.3) is 10.9 Å². The minimum absolute atomic E-state index is 0.0437. The second kappa shape index (κ2) is 8.65. The van der Waals surface area contributed by atoms with Crippen LogP contribution >= 0.6 is 11.6 Å². The first-order valence-corrected chi connectivity index (χ1v) is 9.70. The average molecular weight is 440 g/mol. The van der Waals surface area contributed by atoms with Crippen LogP contribution in [0, 0.1) is 18.6 Å². The third-order valence-electron chi connectivity index (χ3n) is 4.78. The van der Waals surface area contributed by atoms with Gasteiger partial charge in [0.15, 0.2) is 11.0 Å². The number of ether oxygens (including phenoxy) is 1. The van der Waals surface area contributed by atoms with Gasteiger partial charge in [-0.1, -0.05) is 17.7 Å². The van der Waals surface area contributed by atoms with Crippen molar-refractivity contribution in [3.05, 3.63) is 94.4 Å². The van der Waals surface area contributed by atoms with Gasteiger partial charge in [-0.25, -0.2) is 13.8 Å². The first kappa shape index (κ1) is 20.7. The van der Waals surface area contributed by atoms with Gasteiger partial charge in [0.25, 0.3) is 5.91 Å². The van der Waals surface area contributed by atoms with Crippen LogP contribution in [0.1, 0.15) is 21.5 Å². The summed E-state index contributed by atoms with van der Waals surface area (Å²) in [6, 6.07) is 12.4. The summed E-state index contributed by atoms with van der Waals surface area (Å²) in [4.78, 5) is 20.5. The number of amides is 1. The van der Waals surface area contributed by atoms with Gasteiger partial charge in [-0.05, 0) is 43.3 Å². The quantitative estimate of drug-likeness (QED) is 0.411. The molecule has 0 aliphatic rings. The smallest absolute Gasteiger partial charge is 0.251 e. The molecule has 0 unspecified atom stereocenters. The fourth-order valence-electron chi connectivity index (χ4n) is 3.14. The fraction of sp³-hybridized carbons (Fsp3) is 0.0870. The van der Waals surface area contributed by atoms with Crippen molar-refractivity contribution in [2.24, 2.45) is 0 Å². The van der Waals surface area contributed by atoms with Crippen LogP contribution in [0.4, 0.5) is 8.78 Å². The Morgan fingerprint density at radius 2 is 1.87 bits per heavy atom. The standard InChI is InChI=1S/C23H16ClF2N3O2/c1-13-16(23(30)29-12-14-7-9-28-22(24)21(14)26)3-2-4-19(13)31-20-8-10-27-18-11-15(25)5-6-17(18)20/h2-11H,12H2,1H3,(H,29,30). The Bertz CT molecular complexity index is 1300. The molecule has 1 N–H and O–H groups in total. The Kier molecular flexibility index (Phi) is 5.77. The SMILES string of the molecule is Cc1c(Oc2ccnc3cc(F)ccc23)cccc1C(=O)NCc1ccnc(Cl)c1F. The summed E-state index contributed by atoms with van der Waals surface area (Å²) in [6.07, 6.45) is 2.90. The predicted octanol–water partition coefficient (Wildman–Crippen LogP) is 5.59. The molecule has 2 heterocycles. The number of nitrogens with zero attached hydrogens (tertiary/aromatic N) is 2. The second-order valence-electron chi connectivity index (χ2n) is 6.76. The highest BCUT2D eigenvalue weighted by Crippen LogP contribution is 2.32. The third kappa shape index (κ3) is 4.32. The molecule has 31 heavy (non-hydrogen) atoms. The molecule has 5 nitrogen and oxygen atoms in total. The van der Waals surface area contributed by atoms with Gasteiger partial charge in [-0.3, -0.25) is 9.78 Å². The molecule has 156 valence electrons. The van der Waals surface area contributed by atoms with E-state index >= 15 is 0 Å². The van der Waals surface area contributed by atoms with Crippen molar-refractivity contribution in [1.82, 2.24) is 15.3 Å². The Morgan fingerprint density at radius 1 is 1.06 bits per heavy atom. The highest BCUT2D eigenvalue weighted by Gasteiger charge is 2.15. The number of fused-ring (bicyclic) bond motifs is 1. The van der Waals surface area contributed by atoms with E-state index in [-0.39, 0.29) is 23.1 Å². The molecule has 0 bridgehead atoms. The number of carbonyl (C=O) groups excluding carboxylic acids is 1. The first-order chi connectivity index (χ1) is 14.9. The maximum Gasteiger partial charge on any atom is 0.251 e. The summed E-state index contributed by atoms with van der Waals surface area (Å²) in [5, 5.41) is 3.07. The lowest BCUT2D eigenvalue weighted by molar-refractivity contribution is 0.0949. The van der Waals surface area contributed by atoms with Crippen LogP contribution < -0.4 is 10.1 Å². The Labute approximate surface area is 181 Å². The molecule has 2 aromatic carbocycles. The molecular weight excluding hydrogens is 424 g/mol. The number of rotatable bonds is 5. The van der Waals surface area contributed by atoms with E-state index in [4.69, 9.17) is 16.3 Å². The van der Waals surface area contributed by atoms with Gasteiger partial charge in [0, 0.05) is 47.1 Å². The van der Waals surface area contributed by atoms with Crippen LogP contribution in [0.2, 0.25) is 5.15 Å². The molecule has 2 aromatic heterocycles. The van der Waals surface area contributed by atoms with E-state index < -0.39 is 11.7 Å². The van der Waals surface area contributed by atoms with Crippen molar-refractivity contribution in [2.45, 2.75) is 13.5 Å². The molecule has 0 atom stereocenters. The normalized spacial score (nSPS) is 10.8. The molecule has 0 aliphatic carbocycles. The Hall–Kier alpha value is -3.58. The maximum atomic E-state index is 14.0. The van der Waals surface area contributed by atoms with Crippen LogP contribution in [-0.2, 0) is 6.54 Å². The molecule has 0 aliphatic heterocycles. The fourth-order valence-corrected chi connectivity index (χ4v) is 3.31. The number of hydrogen-bond donors (Lipinski definition) is 1. The maximum absolute atomic E-state index is 14.0. The van der Waals surface area contributed by atoms with Crippen molar-refractivity contribution in [3.63, 3.8) is 0 Å². The van der Waals surface area contributed by atoms with Gasteiger partial charge in [0.2, 0.25) is 0 Å². The lowest BCUT2D eigenvalue weighted by Gasteiger charge is -2.14. The molecule has 4 aromatic rings. The third-order valence-corrected chi connectivity index (χ3v) is 5.04. The monoisotopic (exact) mass is 439 g/mol. The molecule has 1 amide bonds. The van der Waals surface area contributed by atoms with E-state index in [0.29, 0.717) is 33.5 Å². The summed E-state index contributed by atoms with van der Waals surface area (Å²) in [5.74, 6) is -0.503. The molecule has 0 spiro atoms. The minimum atomic E-state index is -0.667. The highest BCUT2D eigenvalue weighted by atomic mass is 35.5. The first-order valence-electron chi connectivity index (χ1n) is 9.33. The van der Waals surface area contributed by atoms with Gasteiger partial charge < -0.3 is 10.1 Å². The van der Waals surface area contributed by atoms with E-state index in [1.54, 1.807) is 37.3 Å². The molecule has 0 fully saturated rings. The lowest BCUT2D eigenvalue weighted by atomic mass is 10.1. The summed E-state index contributed by atoms with van der Waals surface area (Å²) < 4.78 is 33.5. The predicted molar refractivity (Wildman–Crippen MR) is 113 cm³/mol. The largest absolute Gasteiger partial charge is 0.456 e. The van der Waals surface area contributed by atoms with Gasteiger partial charge in [0.05, 0.1) is 5.52 Å². The van der Waals surface area contributed by atoms with Crippen LogP contribution in [0.15, 0.2) is 60.9 Å². The zero-order valence-corrected chi connectivity index (χ0v) is 17.1. The molecule has 0 saturated carbocycles. The number of aromatic nitrogens is 2. The average Bonchev–Trinajstić information content (AvgIpc) is 2.76.